The zero-order valence-electron chi connectivity index (χ0n) is 12.4. The molecule has 1 rings (SSSR count). The Kier molecular flexibility index (Phi) is 7.94. The number of benzene rings is 1. The van der Waals surface area contributed by atoms with Crippen molar-refractivity contribution < 1.29 is 4.12 Å². The van der Waals surface area contributed by atoms with E-state index in [1.165, 1.54) is 0 Å². The van der Waals surface area contributed by atoms with Crippen LogP contribution in [0.4, 0.5) is 0 Å². The van der Waals surface area contributed by atoms with Gasteiger partial charge in [-0.15, -0.1) is 0 Å². The van der Waals surface area contributed by atoms with Gasteiger partial charge >= 0.3 is 0 Å². The molecule has 0 saturated carbocycles. The first-order chi connectivity index (χ1) is 7.72. The molecule has 1 nitrogen and oxygen atoms in total. The van der Waals surface area contributed by atoms with E-state index >= 15 is 0 Å². The summed E-state index contributed by atoms with van der Waals surface area (Å²) in [6.45, 7) is 15.8. The quantitative estimate of drug-likeness (QED) is 0.775. The molecule has 0 N–H and O–H groups in total. The molecule has 98 valence electrons. The van der Waals surface area contributed by atoms with Gasteiger partial charge in [-0.1, -0.05) is 48.6 Å². The molecular weight excluding hydrogens is 256 g/mol. The van der Waals surface area contributed by atoms with E-state index in [9.17, 15) is 0 Å². The Morgan fingerprint density at radius 3 is 1.53 bits per heavy atom. The van der Waals surface area contributed by atoms with Crippen molar-refractivity contribution in [3.63, 3.8) is 0 Å². The van der Waals surface area contributed by atoms with Gasteiger partial charge in [-0.3, -0.25) is 0 Å². The van der Waals surface area contributed by atoms with Gasteiger partial charge < -0.3 is 4.12 Å². The molecule has 0 spiro atoms. The van der Waals surface area contributed by atoms with Crippen LogP contribution >= 0.6 is 0 Å². The Morgan fingerprint density at radius 2 is 1.35 bits per heavy atom. The van der Waals surface area contributed by atoms with Gasteiger partial charge in [-0.05, 0) is 32.7 Å². The predicted molar refractivity (Wildman–Crippen MR) is 88.3 cm³/mol. The average Bonchev–Trinajstić information content (AvgIpc) is 2.16. The highest BCUT2D eigenvalue weighted by molar-refractivity contribution is 6.76. The molecule has 0 saturated heterocycles. The van der Waals surface area contributed by atoms with Crippen molar-refractivity contribution in [2.24, 2.45) is 0 Å². The van der Waals surface area contributed by atoms with Gasteiger partial charge in [0.2, 0.25) is 0 Å². The molecule has 0 bridgehead atoms. The number of hydrogen-bond acceptors (Lipinski definition) is 1. The molecule has 4 heteroatoms. The van der Waals surface area contributed by atoms with Crippen LogP contribution in [0.15, 0.2) is 30.3 Å². The van der Waals surface area contributed by atoms with Crippen LogP contribution < -0.4 is 5.19 Å². The Hall–Kier alpha value is -0.169. The number of hydrogen-bond donors (Lipinski definition) is 0. The van der Waals surface area contributed by atoms with E-state index in [4.69, 9.17) is 4.12 Å². The summed E-state index contributed by atoms with van der Waals surface area (Å²) in [7, 11) is -2.42. The first-order valence-electron chi connectivity index (χ1n) is 6.45. The van der Waals surface area contributed by atoms with Crippen LogP contribution in [0, 0.1) is 0 Å². The highest BCUT2D eigenvalue weighted by Crippen LogP contribution is 2.03. The molecule has 0 amide bonds. The van der Waals surface area contributed by atoms with Gasteiger partial charge in [0.1, 0.15) is 0 Å². The molecule has 1 aromatic rings. The summed E-state index contributed by atoms with van der Waals surface area (Å²) in [6.07, 6.45) is 0. The normalized spacial score (nSPS) is 11.4. The first kappa shape index (κ1) is 16.8. The van der Waals surface area contributed by atoms with Crippen LogP contribution in [0.1, 0.15) is 0 Å². The Bertz CT molecular complexity index is 291. The highest BCUT2D eigenvalue weighted by atomic mass is 28.4. The smallest absolute Gasteiger partial charge is 0.170 e. The van der Waals surface area contributed by atoms with Crippen molar-refractivity contribution in [1.29, 1.82) is 0 Å². The molecule has 0 aliphatic heterocycles. The van der Waals surface area contributed by atoms with E-state index in [1.807, 2.05) is 0 Å². The van der Waals surface area contributed by atoms with E-state index in [0.29, 0.717) is 0 Å². The lowest BCUT2D eigenvalue weighted by molar-refractivity contribution is 0.583. The summed E-state index contributed by atoms with van der Waals surface area (Å²) in [6, 6.07) is 10.7. The molecule has 0 atom stereocenters. The Balaban J connectivity index is 0.000000304. The fourth-order valence-corrected chi connectivity index (χ4v) is 8.19. The molecule has 0 heterocycles. The van der Waals surface area contributed by atoms with Crippen molar-refractivity contribution in [3.05, 3.63) is 30.3 Å². The molecule has 0 radical (unpaired) electrons. The van der Waals surface area contributed by atoms with Gasteiger partial charge in [0.05, 0.1) is 8.80 Å². The van der Waals surface area contributed by atoms with Crippen molar-refractivity contribution >= 4 is 31.3 Å². The van der Waals surface area contributed by atoms with Crippen LogP contribution in [0.2, 0.25) is 45.8 Å². The third-order valence-electron chi connectivity index (χ3n) is 2.06. The van der Waals surface area contributed by atoms with Gasteiger partial charge in [-0.2, -0.15) is 0 Å². The molecule has 0 aliphatic carbocycles. The van der Waals surface area contributed by atoms with E-state index in [1.54, 1.807) is 5.19 Å². The van der Waals surface area contributed by atoms with Crippen molar-refractivity contribution in [3.8, 4) is 0 Å². The molecule has 17 heavy (non-hydrogen) atoms. The lowest BCUT2D eigenvalue weighted by Crippen LogP contribution is -2.31. The maximum absolute atomic E-state index is 5.72. The van der Waals surface area contributed by atoms with Crippen molar-refractivity contribution in [2.45, 2.75) is 45.8 Å². The summed E-state index contributed by atoms with van der Waals surface area (Å²) in [4.78, 5) is 0. The maximum atomic E-state index is 5.72. The van der Waals surface area contributed by atoms with Crippen LogP contribution in [0.25, 0.3) is 0 Å². The molecule has 0 aromatic heterocycles. The fraction of sp³-hybridized carbons (Fsp3) is 0.538. The lowest BCUT2D eigenvalue weighted by atomic mass is 10.4. The van der Waals surface area contributed by atoms with E-state index in [2.05, 4.69) is 76.2 Å². The van der Waals surface area contributed by atoms with E-state index in [0.717, 1.165) is 0 Å². The zero-order chi connectivity index (χ0) is 13.5. The summed E-state index contributed by atoms with van der Waals surface area (Å²) < 4.78 is 5.72. The SMILES string of the molecule is C[SiH](C)O[Si](C)(C)C.C[SiH](C)c1ccccc1. The Labute approximate surface area is 112 Å². The zero-order valence-corrected chi connectivity index (χ0v) is 15.8. The monoisotopic (exact) mass is 284 g/mol. The summed E-state index contributed by atoms with van der Waals surface area (Å²) in [5.74, 6) is 0. The molecule has 0 fully saturated rings. The highest BCUT2D eigenvalue weighted by Gasteiger charge is 2.14. The van der Waals surface area contributed by atoms with Gasteiger partial charge in [-0.25, -0.2) is 0 Å². The van der Waals surface area contributed by atoms with Crippen LogP contribution in [-0.2, 0) is 4.12 Å². The second-order valence-corrected chi connectivity index (χ2v) is 16.1. The molecular formula is C13H28OSi3. The summed E-state index contributed by atoms with van der Waals surface area (Å²) in [5, 5.41) is 1.55. The van der Waals surface area contributed by atoms with E-state index < -0.39 is 26.2 Å². The van der Waals surface area contributed by atoms with Crippen LogP contribution in [0.3, 0.4) is 0 Å². The minimum atomic E-state index is -1.16. The summed E-state index contributed by atoms with van der Waals surface area (Å²) >= 11 is 0. The minimum Gasteiger partial charge on any atom is -0.458 e. The van der Waals surface area contributed by atoms with Crippen molar-refractivity contribution in [2.75, 3.05) is 0 Å². The molecule has 1 aromatic carbocycles. The van der Waals surface area contributed by atoms with Gasteiger partial charge in [0.25, 0.3) is 0 Å². The first-order valence-corrected chi connectivity index (χ1v) is 15.5. The minimum absolute atomic E-state index is 0.529. The second-order valence-electron chi connectivity index (χ2n) is 5.84. The average molecular weight is 285 g/mol. The van der Waals surface area contributed by atoms with Crippen molar-refractivity contribution in [1.82, 2.24) is 0 Å². The predicted octanol–water partition coefficient (Wildman–Crippen LogP) is 3.20. The summed E-state index contributed by atoms with van der Waals surface area (Å²) in [5.41, 5.74) is 0. The third kappa shape index (κ3) is 10.7. The maximum Gasteiger partial charge on any atom is 0.170 e. The lowest BCUT2D eigenvalue weighted by Gasteiger charge is -2.19. The Morgan fingerprint density at radius 1 is 0.882 bits per heavy atom. The number of rotatable bonds is 3. The van der Waals surface area contributed by atoms with Crippen LogP contribution in [0.5, 0.6) is 0 Å². The standard InChI is InChI=1S/C8H12Si.C5H16OSi2/c1-9(2)8-6-4-3-5-7-8;1-7(2)6-8(3,4)5/h3-7,9H,1-2H3;7H,1-5H3. The van der Waals surface area contributed by atoms with Crippen LogP contribution in [-0.4, -0.2) is 26.2 Å². The van der Waals surface area contributed by atoms with E-state index in [-0.39, 0.29) is 0 Å². The van der Waals surface area contributed by atoms with Gasteiger partial charge in [0, 0.05) is 0 Å². The second kappa shape index (κ2) is 8.02. The van der Waals surface area contributed by atoms with Gasteiger partial charge in [0.15, 0.2) is 17.4 Å². The topological polar surface area (TPSA) is 9.23 Å². The third-order valence-corrected chi connectivity index (χ3v) is 8.49. The fourth-order valence-electron chi connectivity index (χ4n) is 1.55. The molecule has 0 aliphatic rings. The largest absolute Gasteiger partial charge is 0.458 e. The molecule has 0 unspecified atom stereocenters.